The number of nitrogens with zero attached hydrogens (tertiary/aromatic N) is 1. The maximum absolute atomic E-state index is 12.8. The highest BCUT2D eigenvalue weighted by molar-refractivity contribution is 7.12. The minimum Gasteiger partial charge on any atom is -0.406 e. The largest absolute Gasteiger partial charge is 0.573 e. The van der Waals surface area contributed by atoms with Crippen molar-refractivity contribution < 1.29 is 27.5 Å². The van der Waals surface area contributed by atoms with Gasteiger partial charge in [0.15, 0.2) is 0 Å². The lowest BCUT2D eigenvalue weighted by Gasteiger charge is -2.32. The lowest BCUT2D eigenvalue weighted by Crippen LogP contribution is -2.47. The minimum atomic E-state index is -4.80. The highest BCUT2D eigenvalue weighted by atomic mass is 32.1. The number of alkyl halides is 3. The summed E-state index contributed by atoms with van der Waals surface area (Å²) in [5, 5.41) is 4.88. The fourth-order valence-electron chi connectivity index (χ4n) is 4.02. The van der Waals surface area contributed by atoms with Gasteiger partial charge in [-0.25, -0.2) is 0 Å². The Bertz CT molecular complexity index is 885. The van der Waals surface area contributed by atoms with Gasteiger partial charge in [0.25, 0.3) is 11.8 Å². The molecule has 5 nitrogen and oxygen atoms in total. The minimum absolute atomic E-state index is 0.00328. The van der Waals surface area contributed by atoms with E-state index in [0.29, 0.717) is 17.8 Å². The third-order valence-corrected chi connectivity index (χ3v) is 6.05. The van der Waals surface area contributed by atoms with Gasteiger partial charge in [0.2, 0.25) is 0 Å². The van der Waals surface area contributed by atoms with Crippen molar-refractivity contribution in [2.45, 2.75) is 31.3 Å². The van der Waals surface area contributed by atoms with Gasteiger partial charge in [-0.15, -0.1) is 24.5 Å². The van der Waals surface area contributed by atoms with Gasteiger partial charge in [0.1, 0.15) is 5.75 Å². The molecule has 2 amide bonds. The van der Waals surface area contributed by atoms with Crippen LogP contribution in [0.4, 0.5) is 13.2 Å². The number of hydrogen-bond donors (Lipinski definition) is 1. The van der Waals surface area contributed by atoms with Gasteiger partial charge in [-0.3, -0.25) is 9.59 Å². The zero-order valence-electron chi connectivity index (χ0n) is 14.6. The first-order valence-corrected chi connectivity index (χ1v) is 9.69. The third kappa shape index (κ3) is 3.84. The second-order valence-corrected chi connectivity index (χ2v) is 7.92. The van der Waals surface area contributed by atoms with Crippen LogP contribution in [-0.4, -0.2) is 41.7 Å². The van der Waals surface area contributed by atoms with Crippen molar-refractivity contribution in [1.82, 2.24) is 10.2 Å². The van der Waals surface area contributed by atoms with Crippen molar-refractivity contribution in [3.8, 4) is 5.75 Å². The van der Waals surface area contributed by atoms with E-state index < -0.39 is 12.1 Å². The number of nitrogens with one attached hydrogen (secondary N) is 1. The fourth-order valence-corrected chi connectivity index (χ4v) is 4.65. The van der Waals surface area contributed by atoms with Crippen LogP contribution in [0, 0.1) is 5.92 Å². The molecule has 9 heteroatoms. The van der Waals surface area contributed by atoms with Crippen LogP contribution in [-0.2, 0) is 0 Å². The molecule has 4 rings (SSSR count). The quantitative estimate of drug-likeness (QED) is 0.837. The smallest absolute Gasteiger partial charge is 0.406 e. The number of ether oxygens (including phenoxy) is 1. The summed E-state index contributed by atoms with van der Waals surface area (Å²) >= 11 is 1.37. The van der Waals surface area contributed by atoms with Gasteiger partial charge in [-0.2, -0.15) is 0 Å². The second kappa shape index (κ2) is 7.12. The van der Waals surface area contributed by atoms with Gasteiger partial charge in [-0.1, -0.05) is 12.1 Å². The molecule has 1 aliphatic heterocycles. The Labute approximate surface area is 163 Å². The highest BCUT2D eigenvalue weighted by Gasteiger charge is 2.47. The number of carbonyl (C=O) groups is 2. The molecule has 2 fully saturated rings. The molecule has 1 saturated carbocycles. The van der Waals surface area contributed by atoms with Gasteiger partial charge < -0.3 is 15.0 Å². The van der Waals surface area contributed by atoms with E-state index in [-0.39, 0.29) is 35.4 Å². The lowest BCUT2D eigenvalue weighted by molar-refractivity contribution is -0.274. The van der Waals surface area contributed by atoms with E-state index in [1.54, 1.807) is 11.0 Å². The van der Waals surface area contributed by atoms with E-state index in [0.717, 1.165) is 18.6 Å². The zero-order chi connectivity index (χ0) is 19.9. The summed E-state index contributed by atoms with van der Waals surface area (Å²) < 4.78 is 41.1. The summed E-state index contributed by atoms with van der Waals surface area (Å²) in [6, 6.07) is 8.67. The van der Waals surface area contributed by atoms with Gasteiger partial charge in [-0.05, 0) is 48.4 Å². The maximum Gasteiger partial charge on any atom is 0.573 e. The van der Waals surface area contributed by atoms with Crippen molar-refractivity contribution in [2.24, 2.45) is 5.92 Å². The van der Waals surface area contributed by atoms with Crippen LogP contribution in [0.5, 0.6) is 5.75 Å². The van der Waals surface area contributed by atoms with Crippen LogP contribution in [0.3, 0.4) is 0 Å². The van der Waals surface area contributed by atoms with Crippen molar-refractivity contribution in [3.05, 3.63) is 52.2 Å². The summed E-state index contributed by atoms with van der Waals surface area (Å²) in [6.45, 7) is 0.475. The average molecular weight is 410 g/mol. The normalized spacial score (nSPS) is 23.7. The molecule has 3 atom stereocenters. The number of rotatable bonds is 4. The summed E-state index contributed by atoms with van der Waals surface area (Å²) in [7, 11) is 0. The Hall–Kier alpha value is -2.55. The molecule has 2 aromatic rings. The van der Waals surface area contributed by atoms with Crippen LogP contribution >= 0.6 is 11.3 Å². The summed E-state index contributed by atoms with van der Waals surface area (Å²) in [6.07, 6.45) is -3.38. The predicted octanol–water partition coefficient (Wildman–Crippen LogP) is 3.68. The monoisotopic (exact) mass is 410 g/mol. The number of halogens is 3. The Balaban J connectivity index is 1.39. The molecule has 1 aromatic heterocycles. The van der Waals surface area contributed by atoms with Gasteiger partial charge >= 0.3 is 6.36 Å². The molecule has 1 saturated heterocycles. The van der Waals surface area contributed by atoms with Crippen LogP contribution in [0.2, 0.25) is 0 Å². The Morgan fingerprint density at radius 3 is 2.64 bits per heavy atom. The number of hydrogen-bond acceptors (Lipinski definition) is 4. The number of likely N-dealkylation sites (tertiary alicyclic amines) is 1. The first kappa shape index (κ1) is 18.8. The topological polar surface area (TPSA) is 58.6 Å². The van der Waals surface area contributed by atoms with Crippen molar-refractivity contribution >= 4 is 23.2 Å². The molecule has 1 aromatic carbocycles. The number of benzene rings is 1. The van der Waals surface area contributed by atoms with Crippen LogP contribution < -0.4 is 10.1 Å². The first-order valence-electron chi connectivity index (χ1n) is 8.81. The highest BCUT2D eigenvalue weighted by Crippen LogP contribution is 2.39. The van der Waals surface area contributed by atoms with E-state index in [1.165, 1.54) is 23.5 Å². The lowest BCUT2D eigenvalue weighted by atomic mass is 10.0. The van der Waals surface area contributed by atoms with E-state index in [2.05, 4.69) is 10.1 Å². The predicted molar refractivity (Wildman–Crippen MR) is 96.2 cm³/mol. The SMILES string of the molecule is O=C(N[C@H]1C[C@@H]2C[C@H]1CN2C(=O)c1cccc(OC(F)(F)F)c1)c1cccs1. The Kier molecular flexibility index (Phi) is 4.78. The molecular formula is C19H17F3N2O3S. The zero-order valence-corrected chi connectivity index (χ0v) is 15.4. The van der Waals surface area contributed by atoms with E-state index >= 15 is 0 Å². The molecule has 2 heterocycles. The molecule has 1 N–H and O–H groups in total. The molecule has 148 valence electrons. The molecule has 2 aliphatic rings. The third-order valence-electron chi connectivity index (χ3n) is 5.18. The number of amides is 2. The average Bonchev–Trinajstić information content (AvgIpc) is 3.36. The Morgan fingerprint density at radius 1 is 1.18 bits per heavy atom. The van der Waals surface area contributed by atoms with E-state index in [4.69, 9.17) is 0 Å². The second-order valence-electron chi connectivity index (χ2n) is 6.98. The van der Waals surface area contributed by atoms with E-state index in [9.17, 15) is 22.8 Å². The number of carbonyl (C=O) groups excluding carboxylic acids is 2. The maximum atomic E-state index is 12.8. The molecule has 0 unspecified atom stereocenters. The van der Waals surface area contributed by atoms with Gasteiger partial charge in [0.05, 0.1) is 4.88 Å². The number of fused-ring (bicyclic) bond motifs is 2. The van der Waals surface area contributed by atoms with E-state index in [1.807, 2.05) is 11.4 Å². The van der Waals surface area contributed by atoms with Crippen molar-refractivity contribution in [1.29, 1.82) is 0 Å². The van der Waals surface area contributed by atoms with Crippen LogP contribution in [0.25, 0.3) is 0 Å². The molecule has 0 spiro atoms. The summed E-state index contributed by atoms with van der Waals surface area (Å²) in [5.41, 5.74) is 0.161. The van der Waals surface area contributed by atoms with Gasteiger partial charge in [0, 0.05) is 24.2 Å². The molecule has 1 aliphatic carbocycles. The summed E-state index contributed by atoms with van der Waals surface area (Å²) in [5.74, 6) is -0.693. The molecule has 28 heavy (non-hydrogen) atoms. The standard InChI is InChI=1S/C19H17F3N2O3S/c20-19(21,22)27-14-4-1-3-11(8-14)18(26)24-10-12-7-13(24)9-15(12)23-17(25)16-5-2-6-28-16/h1-6,8,12-13,15H,7,9-10H2,(H,23,25)/t12-,13-,15-/m0/s1. The van der Waals surface area contributed by atoms with Crippen molar-refractivity contribution in [2.75, 3.05) is 6.54 Å². The summed E-state index contributed by atoms with van der Waals surface area (Å²) in [4.78, 5) is 27.3. The van der Waals surface area contributed by atoms with Crippen molar-refractivity contribution in [3.63, 3.8) is 0 Å². The molecule has 2 bridgehead atoms. The Morgan fingerprint density at radius 2 is 2.00 bits per heavy atom. The number of piperidine rings is 1. The molecular weight excluding hydrogens is 393 g/mol. The number of thiophene rings is 1. The molecule has 0 radical (unpaired) electrons. The van der Waals surface area contributed by atoms with Crippen LogP contribution in [0.15, 0.2) is 41.8 Å². The van der Waals surface area contributed by atoms with Crippen LogP contribution in [0.1, 0.15) is 32.9 Å². The first-order chi connectivity index (χ1) is 13.3. The fraction of sp³-hybridized carbons (Fsp3) is 0.368.